The van der Waals surface area contributed by atoms with Crippen molar-refractivity contribution in [2.75, 3.05) is 12.8 Å². The molecule has 1 unspecified atom stereocenters. The molecule has 0 aliphatic heterocycles. The lowest BCUT2D eigenvalue weighted by atomic mass is 9.83. The van der Waals surface area contributed by atoms with Crippen molar-refractivity contribution in [1.82, 2.24) is 10.3 Å². The molecule has 21 heavy (non-hydrogen) atoms. The molecule has 1 fully saturated rings. The summed E-state index contributed by atoms with van der Waals surface area (Å²) in [5.74, 6) is 0. The van der Waals surface area contributed by atoms with E-state index in [1.807, 2.05) is 0 Å². The summed E-state index contributed by atoms with van der Waals surface area (Å²) in [6, 6.07) is 9.28. The van der Waals surface area contributed by atoms with Crippen LogP contribution in [0.25, 0.3) is 10.9 Å². The highest BCUT2D eigenvalue weighted by molar-refractivity contribution is 8.00. The van der Waals surface area contributed by atoms with Gasteiger partial charge < -0.3 is 10.3 Å². The van der Waals surface area contributed by atoms with E-state index in [1.54, 1.807) is 5.56 Å². The zero-order valence-corrected chi connectivity index (χ0v) is 13.6. The van der Waals surface area contributed by atoms with Crippen LogP contribution in [0.15, 0.2) is 24.3 Å². The van der Waals surface area contributed by atoms with Crippen LogP contribution >= 0.6 is 11.8 Å². The maximum Gasteiger partial charge on any atom is 0.0476 e. The van der Waals surface area contributed by atoms with Gasteiger partial charge in [0.05, 0.1) is 0 Å². The van der Waals surface area contributed by atoms with E-state index in [4.69, 9.17) is 0 Å². The summed E-state index contributed by atoms with van der Waals surface area (Å²) in [4.78, 5) is 3.69. The molecule has 1 atom stereocenters. The number of benzene rings is 1. The van der Waals surface area contributed by atoms with Gasteiger partial charge in [-0.25, -0.2) is 0 Å². The first-order valence-electron chi connectivity index (χ1n) is 8.19. The third-order valence-electron chi connectivity index (χ3n) is 5.48. The standard InChI is InChI=1S/C18H24N2S/c1-21-18(10-5-11-18)12-19-16-9-4-7-14-13-6-2-3-8-15(13)20-17(14)16/h2-3,6,8,16,19-20H,4-5,7,9-12H2,1H3. The molecular formula is C18H24N2S. The SMILES string of the molecule is CSC1(CNC2CCCc3c2[nH]c2ccccc32)CCC1. The van der Waals surface area contributed by atoms with Gasteiger partial charge in [-0.3, -0.25) is 0 Å². The van der Waals surface area contributed by atoms with Crippen molar-refractivity contribution in [1.29, 1.82) is 0 Å². The number of thioether (sulfide) groups is 1. The van der Waals surface area contributed by atoms with E-state index in [0.717, 1.165) is 6.54 Å². The summed E-state index contributed by atoms with van der Waals surface area (Å²) in [5, 5.41) is 5.31. The number of rotatable bonds is 4. The summed E-state index contributed by atoms with van der Waals surface area (Å²) in [6.45, 7) is 1.16. The van der Waals surface area contributed by atoms with Crippen molar-refractivity contribution in [3.63, 3.8) is 0 Å². The topological polar surface area (TPSA) is 27.8 Å². The van der Waals surface area contributed by atoms with Gasteiger partial charge in [0.1, 0.15) is 0 Å². The smallest absolute Gasteiger partial charge is 0.0476 e. The molecule has 1 saturated carbocycles. The first-order chi connectivity index (χ1) is 10.3. The Morgan fingerprint density at radius 3 is 2.90 bits per heavy atom. The van der Waals surface area contributed by atoms with Gasteiger partial charge in [-0.1, -0.05) is 24.6 Å². The average Bonchev–Trinajstić information content (AvgIpc) is 2.86. The van der Waals surface area contributed by atoms with Crippen LogP contribution in [0.5, 0.6) is 0 Å². The third kappa shape index (κ3) is 2.31. The largest absolute Gasteiger partial charge is 0.357 e. The molecule has 0 amide bonds. The van der Waals surface area contributed by atoms with E-state index in [1.165, 1.54) is 55.1 Å². The van der Waals surface area contributed by atoms with E-state index in [0.29, 0.717) is 10.8 Å². The Bertz CT molecular complexity index is 636. The van der Waals surface area contributed by atoms with Crippen molar-refractivity contribution in [3.05, 3.63) is 35.5 Å². The molecule has 0 spiro atoms. The predicted octanol–water partition coefficient (Wildman–Crippen LogP) is 4.42. The van der Waals surface area contributed by atoms with Crippen LogP contribution < -0.4 is 5.32 Å². The van der Waals surface area contributed by atoms with Crippen LogP contribution in [0.4, 0.5) is 0 Å². The maximum absolute atomic E-state index is 3.88. The summed E-state index contributed by atoms with van der Waals surface area (Å²) in [5.41, 5.74) is 4.32. The number of aromatic amines is 1. The van der Waals surface area contributed by atoms with Crippen molar-refractivity contribution in [2.45, 2.75) is 49.3 Å². The monoisotopic (exact) mass is 300 g/mol. The molecule has 0 radical (unpaired) electrons. The quantitative estimate of drug-likeness (QED) is 0.874. The lowest BCUT2D eigenvalue weighted by Gasteiger charge is -2.42. The predicted molar refractivity (Wildman–Crippen MR) is 92.1 cm³/mol. The van der Waals surface area contributed by atoms with Crippen LogP contribution in [0.2, 0.25) is 0 Å². The fraction of sp³-hybridized carbons (Fsp3) is 0.556. The first kappa shape index (κ1) is 13.7. The Balaban J connectivity index is 1.58. The van der Waals surface area contributed by atoms with E-state index in [9.17, 15) is 0 Å². The van der Waals surface area contributed by atoms with Gasteiger partial charge in [-0.15, -0.1) is 0 Å². The summed E-state index contributed by atoms with van der Waals surface area (Å²) < 4.78 is 0.517. The molecule has 0 saturated heterocycles. The minimum Gasteiger partial charge on any atom is -0.357 e. The minimum atomic E-state index is 0.517. The van der Waals surface area contributed by atoms with Crippen LogP contribution in [0.1, 0.15) is 49.4 Å². The molecule has 2 N–H and O–H groups in total. The summed E-state index contributed by atoms with van der Waals surface area (Å²) >= 11 is 2.06. The Labute approximate surface area is 131 Å². The van der Waals surface area contributed by atoms with Crippen LogP contribution in [-0.2, 0) is 6.42 Å². The van der Waals surface area contributed by atoms with Crippen LogP contribution in [-0.4, -0.2) is 22.5 Å². The molecule has 0 bridgehead atoms. The van der Waals surface area contributed by atoms with Crippen molar-refractivity contribution < 1.29 is 0 Å². The molecule has 3 heteroatoms. The van der Waals surface area contributed by atoms with E-state index in [2.05, 4.69) is 52.6 Å². The molecule has 1 heterocycles. The highest BCUT2D eigenvalue weighted by Crippen LogP contribution is 2.43. The number of aryl methyl sites for hydroxylation is 1. The summed E-state index contributed by atoms with van der Waals surface area (Å²) in [7, 11) is 0. The van der Waals surface area contributed by atoms with Crippen molar-refractivity contribution in [2.24, 2.45) is 0 Å². The third-order valence-corrected chi connectivity index (χ3v) is 6.90. The van der Waals surface area contributed by atoms with Crippen molar-refractivity contribution >= 4 is 22.7 Å². The van der Waals surface area contributed by atoms with Gasteiger partial charge in [-0.05, 0) is 50.0 Å². The highest BCUT2D eigenvalue weighted by Gasteiger charge is 2.37. The second-order valence-corrected chi connectivity index (χ2v) is 7.90. The van der Waals surface area contributed by atoms with Gasteiger partial charge in [0.2, 0.25) is 0 Å². The zero-order valence-electron chi connectivity index (χ0n) is 12.7. The number of para-hydroxylation sites is 1. The van der Waals surface area contributed by atoms with Crippen molar-refractivity contribution in [3.8, 4) is 0 Å². The number of nitrogens with one attached hydrogen (secondary N) is 2. The molecular weight excluding hydrogens is 276 g/mol. The zero-order chi connectivity index (χ0) is 14.3. The van der Waals surface area contributed by atoms with E-state index < -0.39 is 0 Å². The van der Waals surface area contributed by atoms with Gasteiger partial charge in [0, 0.05) is 33.9 Å². The lowest BCUT2D eigenvalue weighted by molar-refractivity contribution is 0.320. The molecule has 1 aromatic heterocycles. The van der Waals surface area contributed by atoms with Crippen LogP contribution in [0.3, 0.4) is 0 Å². The second-order valence-electron chi connectivity index (χ2n) is 6.63. The number of hydrogen-bond donors (Lipinski definition) is 2. The van der Waals surface area contributed by atoms with Crippen LogP contribution in [0, 0.1) is 0 Å². The van der Waals surface area contributed by atoms with Gasteiger partial charge >= 0.3 is 0 Å². The first-order valence-corrected chi connectivity index (χ1v) is 9.42. The molecule has 4 rings (SSSR count). The molecule has 1 aromatic carbocycles. The average molecular weight is 300 g/mol. The fourth-order valence-corrected chi connectivity index (χ4v) is 4.88. The fourth-order valence-electron chi connectivity index (χ4n) is 3.95. The van der Waals surface area contributed by atoms with Gasteiger partial charge in [0.25, 0.3) is 0 Å². The maximum atomic E-state index is 3.88. The Morgan fingerprint density at radius 2 is 2.14 bits per heavy atom. The second kappa shape index (κ2) is 5.36. The molecule has 2 aliphatic rings. The number of fused-ring (bicyclic) bond motifs is 3. The highest BCUT2D eigenvalue weighted by atomic mass is 32.2. The Morgan fingerprint density at radius 1 is 1.29 bits per heavy atom. The Hall–Kier alpha value is -0.930. The molecule has 2 aliphatic carbocycles. The van der Waals surface area contributed by atoms with E-state index >= 15 is 0 Å². The number of H-pyrrole nitrogens is 1. The number of aromatic nitrogens is 1. The lowest BCUT2D eigenvalue weighted by Crippen LogP contribution is -2.44. The molecule has 112 valence electrons. The van der Waals surface area contributed by atoms with Gasteiger partial charge in [0.15, 0.2) is 0 Å². The normalized spacial score (nSPS) is 23.8. The minimum absolute atomic E-state index is 0.517. The molecule has 2 nitrogen and oxygen atoms in total. The Kier molecular flexibility index (Phi) is 3.50. The molecule has 2 aromatic rings. The van der Waals surface area contributed by atoms with E-state index in [-0.39, 0.29) is 0 Å². The van der Waals surface area contributed by atoms with Gasteiger partial charge in [-0.2, -0.15) is 11.8 Å². The summed E-state index contributed by atoms with van der Waals surface area (Å²) in [6.07, 6.45) is 10.2. The number of hydrogen-bond acceptors (Lipinski definition) is 2.